The molecule has 1 heterocycles. The average molecular weight is 327 g/mol. The Morgan fingerprint density at radius 2 is 2.21 bits per heavy atom. The van der Waals surface area contributed by atoms with E-state index in [9.17, 15) is 9.59 Å². The van der Waals surface area contributed by atoms with Crippen molar-refractivity contribution in [2.24, 2.45) is 0 Å². The summed E-state index contributed by atoms with van der Waals surface area (Å²) in [5.41, 5.74) is 0.501. The monoisotopic (exact) mass is 326 g/mol. The molecule has 1 aliphatic rings. The molecular weight excluding hydrogens is 312 g/mol. The van der Waals surface area contributed by atoms with Gasteiger partial charge in [-0.15, -0.1) is 0 Å². The van der Waals surface area contributed by atoms with Crippen molar-refractivity contribution in [3.05, 3.63) is 29.3 Å². The van der Waals surface area contributed by atoms with Crippen LogP contribution in [0.1, 0.15) is 29.3 Å². The number of para-hydroxylation sites is 1. The Kier molecular flexibility index (Phi) is 3.94. The minimum atomic E-state index is -0.624. The molecule has 0 aromatic heterocycles. The van der Waals surface area contributed by atoms with Crippen LogP contribution in [-0.4, -0.2) is 30.8 Å². The molecular formula is C14H15BrO4. The first-order chi connectivity index (χ1) is 9.04. The molecule has 1 atom stereocenters. The molecule has 102 valence electrons. The molecule has 0 spiro atoms. The zero-order valence-electron chi connectivity index (χ0n) is 10.9. The van der Waals surface area contributed by atoms with Crippen LogP contribution in [0.15, 0.2) is 18.2 Å². The highest BCUT2D eigenvalue weighted by Crippen LogP contribution is 2.41. The van der Waals surface area contributed by atoms with E-state index < -0.39 is 11.4 Å². The first-order valence-electron chi connectivity index (χ1n) is 5.98. The summed E-state index contributed by atoms with van der Waals surface area (Å²) in [6.07, 6.45) is 0.606. The van der Waals surface area contributed by atoms with Gasteiger partial charge in [-0.2, -0.15) is 0 Å². The van der Waals surface area contributed by atoms with Crippen molar-refractivity contribution in [1.29, 1.82) is 0 Å². The van der Waals surface area contributed by atoms with E-state index in [4.69, 9.17) is 9.47 Å². The molecule has 0 bridgehead atoms. The van der Waals surface area contributed by atoms with Crippen LogP contribution in [0.25, 0.3) is 0 Å². The van der Waals surface area contributed by atoms with Crippen molar-refractivity contribution in [2.45, 2.75) is 18.8 Å². The molecule has 1 aromatic rings. The first kappa shape index (κ1) is 14.1. The summed E-state index contributed by atoms with van der Waals surface area (Å²) in [6, 6.07) is 5.23. The van der Waals surface area contributed by atoms with E-state index in [0.29, 0.717) is 24.3 Å². The van der Waals surface area contributed by atoms with E-state index in [2.05, 4.69) is 15.9 Å². The third-order valence-electron chi connectivity index (χ3n) is 3.60. The van der Waals surface area contributed by atoms with Gasteiger partial charge < -0.3 is 9.47 Å². The number of rotatable bonds is 3. The van der Waals surface area contributed by atoms with Crippen LogP contribution < -0.4 is 4.74 Å². The topological polar surface area (TPSA) is 52.6 Å². The molecule has 0 aliphatic carbocycles. The first-order valence-corrected chi connectivity index (χ1v) is 7.10. The van der Waals surface area contributed by atoms with Crippen LogP contribution in [0.5, 0.6) is 5.75 Å². The quantitative estimate of drug-likeness (QED) is 0.632. The molecule has 1 unspecified atom stereocenters. The maximum absolute atomic E-state index is 12.2. The smallest absolute Gasteiger partial charge is 0.341 e. The van der Waals surface area contributed by atoms with E-state index in [0.717, 1.165) is 5.56 Å². The summed E-state index contributed by atoms with van der Waals surface area (Å²) < 4.78 is 10.3. The molecule has 0 saturated carbocycles. The molecule has 2 rings (SSSR count). The van der Waals surface area contributed by atoms with Crippen LogP contribution in [-0.2, 0) is 14.9 Å². The van der Waals surface area contributed by atoms with Crippen molar-refractivity contribution in [2.75, 3.05) is 19.0 Å². The number of Topliss-reactive ketones (excluding diaryl/α,β-unsaturated/α-hetero) is 1. The Morgan fingerprint density at radius 3 is 2.84 bits per heavy atom. The van der Waals surface area contributed by atoms with Gasteiger partial charge in [-0.1, -0.05) is 28.1 Å². The average Bonchev–Trinajstić information content (AvgIpc) is 2.45. The maximum Gasteiger partial charge on any atom is 0.341 e. The zero-order valence-corrected chi connectivity index (χ0v) is 12.5. The van der Waals surface area contributed by atoms with Crippen molar-refractivity contribution in [3.63, 3.8) is 0 Å². The Morgan fingerprint density at radius 1 is 1.47 bits per heavy atom. The molecule has 0 saturated heterocycles. The van der Waals surface area contributed by atoms with Gasteiger partial charge >= 0.3 is 5.97 Å². The zero-order chi connectivity index (χ0) is 14.0. The number of ether oxygens (including phenoxy) is 2. The summed E-state index contributed by atoms with van der Waals surface area (Å²) in [4.78, 5) is 23.9. The van der Waals surface area contributed by atoms with Gasteiger partial charge in [0.05, 0.1) is 24.5 Å². The SMILES string of the molecule is COC(=O)c1cccc2c1OCCC2(C)C(=O)CBr. The van der Waals surface area contributed by atoms with E-state index in [1.165, 1.54) is 7.11 Å². The number of methoxy groups -OCH3 is 1. The van der Waals surface area contributed by atoms with Gasteiger partial charge in [-0.25, -0.2) is 4.79 Å². The summed E-state index contributed by atoms with van der Waals surface area (Å²) in [5, 5.41) is 0.283. The van der Waals surface area contributed by atoms with E-state index in [-0.39, 0.29) is 11.1 Å². The fourth-order valence-corrected chi connectivity index (χ4v) is 2.95. The lowest BCUT2D eigenvalue weighted by atomic mass is 9.74. The number of alkyl halides is 1. The van der Waals surface area contributed by atoms with Crippen LogP contribution in [0.2, 0.25) is 0 Å². The number of halogens is 1. The number of hydrogen-bond donors (Lipinski definition) is 0. The number of hydrogen-bond acceptors (Lipinski definition) is 4. The summed E-state index contributed by atoms with van der Waals surface area (Å²) in [6.45, 7) is 2.30. The second-order valence-corrected chi connectivity index (χ2v) is 5.22. The number of ketones is 1. The van der Waals surface area contributed by atoms with Crippen molar-refractivity contribution in [1.82, 2.24) is 0 Å². The predicted octanol–water partition coefficient (Wildman–Crippen LogP) is 2.48. The normalized spacial score (nSPS) is 21.2. The van der Waals surface area contributed by atoms with Crippen LogP contribution in [0, 0.1) is 0 Å². The molecule has 0 N–H and O–H groups in total. The van der Waals surface area contributed by atoms with Gasteiger partial charge in [0.25, 0.3) is 0 Å². The lowest BCUT2D eigenvalue weighted by molar-refractivity contribution is -0.122. The predicted molar refractivity (Wildman–Crippen MR) is 74.0 cm³/mol. The largest absolute Gasteiger partial charge is 0.492 e. The standard InChI is InChI=1S/C14H15BrO4/c1-14(11(16)8-15)6-7-19-12-9(13(17)18-2)4-3-5-10(12)14/h3-5H,6-8H2,1-2H3. The Bertz CT molecular complexity index is 526. The highest BCUT2D eigenvalue weighted by molar-refractivity contribution is 9.09. The second kappa shape index (κ2) is 5.33. The lowest BCUT2D eigenvalue weighted by Gasteiger charge is -2.34. The maximum atomic E-state index is 12.2. The summed E-state index contributed by atoms with van der Waals surface area (Å²) >= 11 is 3.22. The summed E-state index contributed by atoms with van der Waals surface area (Å²) in [5.74, 6) is 0.101. The van der Waals surface area contributed by atoms with Crippen LogP contribution in [0.3, 0.4) is 0 Å². The molecule has 4 nitrogen and oxygen atoms in total. The summed E-state index contributed by atoms with van der Waals surface area (Å²) in [7, 11) is 1.33. The molecule has 0 radical (unpaired) electrons. The molecule has 1 aliphatic heterocycles. The number of carbonyl (C=O) groups is 2. The van der Waals surface area contributed by atoms with Gasteiger partial charge in [-0.05, 0) is 19.4 Å². The number of benzene rings is 1. The molecule has 1 aromatic carbocycles. The van der Waals surface area contributed by atoms with E-state index in [1.807, 2.05) is 13.0 Å². The van der Waals surface area contributed by atoms with E-state index in [1.54, 1.807) is 12.1 Å². The van der Waals surface area contributed by atoms with E-state index >= 15 is 0 Å². The molecule has 19 heavy (non-hydrogen) atoms. The third kappa shape index (κ3) is 2.27. The van der Waals surface area contributed by atoms with Gasteiger partial charge in [0.2, 0.25) is 0 Å². The van der Waals surface area contributed by atoms with Crippen molar-refractivity contribution in [3.8, 4) is 5.75 Å². The highest BCUT2D eigenvalue weighted by Gasteiger charge is 2.40. The molecule has 5 heteroatoms. The molecule has 0 amide bonds. The van der Waals surface area contributed by atoms with Crippen molar-refractivity contribution >= 4 is 27.7 Å². The number of carbonyl (C=O) groups excluding carboxylic acids is 2. The van der Waals surface area contributed by atoms with Crippen LogP contribution >= 0.6 is 15.9 Å². The Labute approximate surface area is 120 Å². The van der Waals surface area contributed by atoms with Gasteiger partial charge in [0.1, 0.15) is 11.3 Å². The fraction of sp³-hybridized carbons (Fsp3) is 0.429. The Balaban J connectivity index is 2.58. The van der Waals surface area contributed by atoms with Gasteiger partial charge in [-0.3, -0.25) is 4.79 Å². The lowest BCUT2D eigenvalue weighted by Crippen LogP contribution is -2.39. The Hall–Kier alpha value is -1.36. The number of fused-ring (bicyclic) bond motifs is 1. The highest BCUT2D eigenvalue weighted by atomic mass is 79.9. The van der Waals surface area contributed by atoms with Gasteiger partial charge in [0.15, 0.2) is 5.78 Å². The van der Waals surface area contributed by atoms with Gasteiger partial charge in [0, 0.05) is 5.56 Å². The minimum Gasteiger partial charge on any atom is -0.492 e. The van der Waals surface area contributed by atoms with Crippen molar-refractivity contribution < 1.29 is 19.1 Å². The van der Waals surface area contributed by atoms with Crippen LogP contribution in [0.4, 0.5) is 0 Å². The third-order valence-corrected chi connectivity index (χ3v) is 4.11. The molecule has 0 fully saturated rings. The second-order valence-electron chi connectivity index (χ2n) is 4.66. The minimum absolute atomic E-state index is 0.0825. The fourth-order valence-electron chi connectivity index (χ4n) is 2.33. The number of esters is 1.